The molecule has 1 aromatic rings. The molecule has 0 radical (unpaired) electrons. The van der Waals surface area contributed by atoms with Crippen molar-refractivity contribution in [2.75, 3.05) is 6.54 Å². The molecule has 0 amide bonds. The van der Waals surface area contributed by atoms with Crippen LogP contribution in [0, 0.1) is 0 Å². The average Bonchev–Trinajstić information content (AvgIpc) is 2.26. The third-order valence-corrected chi connectivity index (χ3v) is 4.33. The summed E-state index contributed by atoms with van der Waals surface area (Å²) in [6.45, 7) is 1.49. The number of nitrogens with two attached hydrogens (primary N) is 1. The van der Waals surface area contributed by atoms with Crippen molar-refractivity contribution >= 4 is 34.0 Å². The molecule has 0 bridgehead atoms. The molecule has 116 valence electrons. The predicted molar refractivity (Wildman–Crippen MR) is 72.5 cm³/mol. The van der Waals surface area contributed by atoms with Crippen LogP contribution in [-0.2, 0) is 16.2 Å². The molecule has 0 fully saturated rings. The van der Waals surface area contributed by atoms with E-state index in [0.717, 1.165) is 6.07 Å². The van der Waals surface area contributed by atoms with Crippen LogP contribution in [0.2, 0.25) is 5.02 Å². The van der Waals surface area contributed by atoms with E-state index in [-0.39, 0.29) is 24.0 Å². The van der Waals surface area contributed by atoms with Crippen LogP contribution in [0.25, 0.3) is 0 Å². The summed E-state index contributed by atoms with van der Waals surface area (Å²) in [6, 6.07) is 1.49. The van der Waals surface area contributed by atoms with E-state index in [9.17, 15) is 21.6 Å². The molecule has 0 unspecified atom stereocenters. The number of sulfonamides is 1. The van der Waals surface area contributed by atoms with Crippen LogP contribution in [-0.4, -0.2) is 21.0 Å². The number of hydrogen-bond acceptors (Lipinski definition) is 3. The zero-order valence-corrected chi connectivity index (χ0v) is 12.6. The molecule has 0 heterocycles. The molecule has 3 N–H and O–H groups in total. The molecule has 0 saturated carbocycles. The molecule has 20 heavy (non-hydrogen) atoms. The standard InChI is InChI=1S/C10H12ClF3N2O2S.ClH/c1-6(5-15)16-19(17,18)9-4-7(10(12,13)14)2-3-8(9)11;/h2-4,6,16H,5,15H2,1H3;1H/t6-;/m1./s1. The zero-order valence-electron chi connectivity index (χ0n) is 10.2. The van der Waals surface area contributed by atoms with Crippen molar-refractivity contribution in [3.63, 3.8) is 0 Å². The van der Waals surface area contributed by atoms with Crippen LogP contribution in [0.3, 0.4) is 0 Å². The molecule has 1 aromatic carbocycles. The van der Waals surface area contributed by atoms with Crippen molar-refractivity contribution in [2.24, 2.45) is 5.73 Å². The van der Waals surface area contributed by atoms with Gasteiger partial charge in [0, 0.05) is 12.6 Å². The van der Waals surface area contributed by atoms with Crippen LogP contribution in [0.5, 0.6) is 0 Å². The molecule has 1 rings (SSSR count). The summed E-state index contributed by atoms with van der Waals surface area (Å²) in [7, 11) is -4.15. The third kappa shape index (κ3) is 4.78. The smallest absolute Gasteiger partial charge is 0.329 e. The molecule has 0 aromatic heterocycles. The molecule has 0 aliphatic heterocycles. The van der Waals surface area contributed by atoms with Gasteiger partial charge in [-0.05, 0) is 25.1 Å². The summed E-state index contributed by atoms with van der Waals surface area (Å²) in [4.78, 5) is -0.621. The summed E-state index contributed by atoms with van der Waals surface area (Å²) >= 11 is 5.64. The third-order valence-electron chi connectivity index (χ3n) is 2.26. The van der Waals surface area contributed by atoms with Gasteiger partial charge in [-0.25, -0.2) is 13.1 Å². The van der Waals surface area contributed by atoms with Gasteiger partial charge in [-0.2, -0.15) is 13.2 Å². The summed E-state index contributed by atoms with van der Waals surface area (Å²) in [6.07, 6.45) is -4.64. The second kappa shape index (κ2) is 6.95. The first-order chi connectivity index (χ1) is 8.58. The quantitative estimate of drug-likeness (QED) is 0.873. The van der Waals surface area contributed by atoms with E-state index >= 15 is 0 Å². The first-order valence-corrected chi connectivity index (χ1v) is 7.03. The molecular formula is C10H13Cl2F3N2O2S. The Morgan fingerprint density at radius 2 is 1.95 bits per heavy atom. The molecule has 0 aliphatic rings. The number of benzene rings is 1. The van der Waals surface area contributed by atoms with Gasteiger partial charge in [-0.3, -0.25) is 0 Å². The van der Waals surface area contributed by atoms with Gasteiger partial charge in [0.15, 0.2) is 0 Å². The highest BCUT2D eigenvalue weighted by atomic mass is 35.5. The van der Waals surface area contributed by atoms with E-state index in [1.807, 2.05) is 0 Å². The average molecular weight is 353 g/mol. The number of halogens is 5. The first kappa shape index (κ1) is 19.5. The van der Waals surface area contributed by atoms with Gasteiger partial charge in [0.2, 0.25) is 10.0 Å². The minimum absolute atomic E-state index is 0. The fourth-order valence-electron chi connectivity index (χ4n) is 1.26. The highest BCUT2D eigenvalue weighted by Gasteiger charge is 2.32. The Labute approximate surface area is 125 Å². The minimum Gasteiger partial charge on any atom is -0.329 e. The molecule has 1 atom stereocenters. The monoisotopic (exact) mass is 352 g/mol. The maximum absolute atomic E-state index is 12.5. The Kier molecular flexibility index (Phi) is 6.76. The predicted octanol–water partition coefficient (Wildman–Crippen LogP) is 2.41. The first-order valence-electron chi connectivity index (χ1n) is 5.17. The van der Waals surface area contributed by atoms with E-state index in [1.165, 1.54) is 6.92 Å². The highest BCUT2D eigenvalue weighted by molar-refractivity contribution is 7.89. The number of nitrogens with one attached hydrogen (secondary N) is 1. The molecule has 4 nitrogen and oxygen atoms in total. The van der Waals surface area contributed by atoms with E-state index in [1.54, 1.807) is 0 Å². The van der Waals surface area contributed by atoms with E-state index < -0.39 is 32.7 Å². The SMILES string of the molecule is C[C@H](CN)NS(=O)(=O)c1cc(C(F)(F)F)ccc1Cl.Cl. The number of hydrogen-bond donors (Lipinski definition) is 2. The second-order valence-corrected chi connectivity index (χ2v) is 5.99. The molecular weight excluding hydrogens is 340 g/mol. The summed E-state index contributed by atoms with van der Waals surface area (Å²) in [5.41, 5.74) is 4.17. The Morgan fingerprint density at radius 1 is 1.40 bits per heavy atom. The van der Waals surface area contributed by atoms with Gasteiger partial charge in [0.25, 0.3) is 0 Å². The summed E-state index contributed by atoms with van der Waals surface area (Å²) in [5.74, 6) is 0. The van der Waals surface area contributed by atoms with Crippen molar-refractivity contribution in [1.82, 2.24) is 4.72 Å². The normalized spacial score (nSPS) is 13.7. The number of rotatable bonds is 4. The lowest BCUT2D eigenvalue weighted by atomic mass is 10.2. The van der Waals surface area contributed by atoms with E-state index in [0.29, 0.717) is 12.1 Å². The van der Waals surface area contributed by atoms with Gasteiger partial charge < -0.3 is 5.73 Å². The van der Waals surface area contributed by atoms with Crippen LogP contribution in [0.4, 0.5) is 13.2 Å². The van der Waals surface area contributed by atoms with Crippen molar-refractivity contribution < 1.29 is 21.6 Å². The molecule has 0 saturated heterocycles. The zero-order chi connectivity index (χ0) is 14.8. The lowest BCUT2D eigenvalue weighted by Gasteiger charge is -2.14. The van der Waals surface area contributed by atoms with Crippen LogP contribution in [0.15, 0.2) is 23.1 Å². The van der Waals surface area contributed by atoms with Crippen molar-refractivity contribution in [2.45, 2.75) is 24.0 Å². The Balaban J connectivity index is 0.00000361. The lowest BCUT2D eigenvalue weighted by Crippen LogP contribution is -2.37. The highest BCUT2D eigenvalue weighted by Crippen LogP contribution is 2.33. The van der Waals surface area contributed by atoms with Crippen LogP contribution < -0.4 is 10.5 Å². The Hall–Kier alpha value is -0.540. The second-order valence-electron chi connectivity index (χ2n) is 3.90. The van der Waals surface area contributed by atoms with Gasteiger partial charge in [-0.15, -0.1) is 12.4 Å². The Bertz CT molecular complexity index is 564. The number of alkyl halides is 3. The van der Waals surface area contributed by atoms with E-state index in [2.05, 4.69) is 4.72 Å². The van der Waals surface area contributed by atoms with Gasteiger partial charge in [0.05, 0.1) is 10.6 Å². The van der Waals surface area contributed by atoms with Crippen molar-refractivity contribution in [3.05, 3.63) is 28.8 Å². The van der Waals surface area contributed by atoms with E-state index in [4.69, 9.17) is 17.3 Å². The Morgan fingerprint density at radius 3 is 2.40 bits per heavy atom. The fraction of sp³-hybridized carbons (Fsp3) is 0.400. The van der Waals surface area contributed by atoms with Gasteiger partial charge >= 0.3 is 6.18 Å². The lowest BCUT2D eigenvalue weighted by molar-refractivity contribution is -0.137. The maximum atomic E-state index is 12.5. The summed E-state index contributed by atoms with van der Waals surface area (Å²) < 4.78 is 63.5. The maximum Gasteiger partial charge on any atom is 0.416 e. The van der Waals surface area contributed by atoms with Crippen molar-refractivity contribution in [1.29, 1.82) is 0 Å². The fourth-order valence-corrected chi connectivity index (χ4v) is 3.04. The summed E-state index contributed by atoms with van der Waals surface area (Å²) in [5, 5.41) is -0.287. The van der Waals surface area contributed by atoms with Gasteiger partial charge in [0.1, 0.15) is 4.90 Å². The molecule has 0 aliphatic carbocycles. The van der Waals surface area contributed by atoms with Crippen molar-refractivity contribution in [3.8, 4) is 0 Å². The largest absolute Gasteiger partial charge is 0.416 e. The minimum atomic E-state index is -4.64. The topological polar surface area (TPSA) is 72.2 Å². The molecule has 10 heteroatoms. The van der Waals surface area contributed by atoms with Gasteiger partial charge in [-0.1, -0.05) is 11.6 Å². The van der Waals surface area contributed by atoms with Crippen LogP contribution in [0.1, 0.15) is 12.5 Å². The van der Waals surface area contributed by atoms with Crippen LogP contribution >= 0.6 is 24.0 Å². The molecule has 0 spiro atoms.